The van der Waals surface area contributed by atoms with Crippen LogP contribution in [0.3, 0.4) is 0 Å². The highest BCUT2D eigenvalue weighted by Crippen LogP contribution is 2.48. The zero-order valence-electron chi connectivity index (χ0n) is 11.6. The molecule has 0 aliphatic heterocycles. The van der Waals surface area contributed by atoms with E-state index in [1.807, 2.05) is 24.3 Å². The predicted octanol–water partition coefficient (Wildman–Crippen LogP) is 3.63. The van der Waals surface area contributed by atoms with Gasteiger partial charge in [-0.15, -0.1) is 0 Å². The highest BCUT2D eigenvalue weighted by Gasteiger charge is 2.39. The van der Waals surface area contributed by atoms with Gasteiger partial charge in [0.15, 0.2) is 0 Å². The second-order valence-corrected chi connectivity index (χ2v) is 6.27. The summed E-state index contributed by atoms with van der Waals surface area (Å²) in [5.74, 6) is 3.82. The summed E-state index contributed by atoms with van der Waals surface area (Å²) in [6, 6.07) is 7.98. The molecule has 3 rings (SSSR count). The van der Waals surface area contributed by atoms with Crippen LogP contribution in [0.4, 0.5) is 0 Å². The summed E-state index contributed by atoms with van der Waals surface area (Å²) in [4.78, 5) is 11.0. The van der Waals surface area contributed by atoms with Crippen molar-refractivity contribution in [1.82, 2.24) is 0 Å². The van der Waals surface area contributed by atoms with E-state index in [0.29, 0.717) is 6.42 Å². The number of Topliss-reactive ketones (excluding diaryl/α,β-unsaturated/α-hetero) is 1. The summed E-state index contributed by atoms with van der Waals surface area (Å²) in [6.45, 7) is 2.49. The van der Waals surface area contributed by atoms with Gasteiger partial charge in [-0.2, -0.15) is 0 Å². The average molecular weight is 258 g/mol. The van der Waals surface area contributed by atoms with Crippen LogP contribution in [-0.2, 0) is 11.2 Å². The van der Waals surface area contributed by atoms with Crippen LogP contribution >= 0.6 is 0 Å². The van der Waals surface area contributed by atoms with Gasteiger partial charge in [-0.25, -0.2) is 0 Å². The maximum Gasteiger partial charge on any atom is 0.134 e. The third kappa shape index (κ3) is 2.99. The highest BCUT2D eigenvalue weighted by molar-refractivity contribution is 5.78. The quantitative estimate of drug-likeness (QED) is 0.806. The molecular formula is C17H22O2. The lowest BCUT2D eigenvalue weighted by Crippen LogP contribution is -2.18. The van der Waals surface area contributed by atoms with Crippen LogP contribution in [0.5, 0.6) is 5.75 Å². The lowest BCUT2D eigenvalue weighted by atomic mass is 9.89. The fourth-order valence-electron chi connectivity index (χ4n) is 3.77. The molecule has 0 N–H and O–H groups in total. The van der Waals surface area contributed by atoms with Gasteiger partial charge >= 0.3 is 0 Å². The molecular weight excluding hydrogens is 236 g/mol. The van der Waals surface area contributed by atoms with Gasteiger partial charge in [-0.1, -0.05) is 18.6 Å². The third-order valence-electron chi connectivity index (χ3n) is 4.73. The monoisotopic (exact) mass is 258 g/mol. The zero-order chi connectivity index (χ0) is 13.2. The molecule has 0 amide bonds. The summed E-state index contributed by atoms with van der Waals surface area (Å²) < 4.78 is 5.92. The van der Waals surface area contributed by atoms with Crippen molar-refractivity contribution in [1.29, 1.82) is 0 Å². The van der Waals surface area contributed by atoms with Gasteiger partial charge in [0.1, 0.15) is 11.5 Å². The van der Waals surface area contributed by atoms with Gasteiger partial charge in [-0.3, -0.25) is 4.79 Å². The Morgan fingerprint density at radius 2 is 2.00 bits per heavy atom. The molecule has 2 bridgehead atoms. The van der Waals surface area contributed by atoms with Gasteiger partial charge < -0.3 is 4.74 Å². The van der Waals surface area contributed by atoms with Crippen molar-refractivity contribution in [2.45, 2.75) is 39.0 Å². The van der Waals surface area contributed by atoms with E-state index in [0.717, 1.165) is 35.7 Å². The maximum absolute atomic E-state index is 11.0. The van der Waals surface area contributed by atoms with Crippen molar-refractivity contribution >= 4 is 5.78 Å². The van der Waals surface area contributed by atoms with E-state index in [4.69, 9.17) is 4.74 Å². The van der Waals surface area contributed by atoms with Crippen LogP contribution in [0.25, 0.3) is 0 Å². The molecule has 0 heterocycles. The first kappa shape index (κ1) is 12.7. The van der Waals surface area contributed by atoms with E-state index in [-0.39, 0.29) is 5.78 Å². The Bertz CT molecular complexity index is 449. The number of ketones is 1. The standard InChI is InChI=1S/C17H22O2/c1-12(18)8-13-3-6-17(7-4-13)19-11-16-10-14-2-5-15(16)9-14/h3-4,6-7,14-16H,2,5,8-11H2,1H3. The lowest BCUT2D eigenvalue weighted by molar-refractivity contribution is -0.116. The van der Waals surface area contributed by atoms with Crippen molar-refractivity contribution < 1.29 is 9.53 Å². The first-order chi connectivity index (χ1) is 9.20. The molecule has 2 fully saturated rings. The number of benzene rings is 1. The van der Waals surface area contributed by atoms with Gasteiger partial charge in [0.2, 0.25) is 0 Å². The number of carbonyl (C=O) groups excluding carboxylic acids is 1. The topological polar surface area (TPSA) is 26.3 Å². The second kappa shape index (κ2) is 5.36. The van der Waals surface area contributed by atoms with Crippen molar-refractivity contribution in [2.75, 3.05) is 6.61 Å². The van der Waals surface area contributed by atoms with E-state index < -0.39 is 0 Å². The Labute approximate surface area is 115 Å². The van der Waals surface area contributed by atoms with Gasteiger partial charge in [0.05, 0.1) is 6.61 Å². The summed E-state index contributed by atoms with van der Waals surface area (Å²) >= 11 is 0. The van der Waals surface area contributed by atoms with E-state index >= 15 is 0 Å². The normalized spacial score (nSPS) is 28.6. The molecule has 0 saturated heterocycles. The molecule has 2 nitrogen and oxygen atoms in total. The number of fused-ring (bicyclic) bond motifs is 2. The predicted molar refractivity (Wildman–Crippen MR) is 75.3 cm³/mol. The molecule has 3 atom stereocenters. The minimum Gasteiger partial charge on any atom is -0.493 e. The Morgan fingerprint density at radius 3 is 2.58 bits per heavy atom. The van der Waals surface area contributed by atoms with Crippen molar-refractivity contribution in [3.63, 3.8) is 0 Å². The van der Waals surface area contributed by atoms with Crippen LogP contribution in [0, 0.1) is 17.8 Å². The number of hydrogen-bond donors (Lipinski definition) is 0. The number of rotatable bonds is 5. The first-order valence-electron chi connectivity index (χ1n) is 7.42. The van der Waals surface area contributed by atoms with Crippen molar-refractivity contribution in [2.24, 2.45) is 17.8 Å². The molecule has 1 aromatic rings. The summed E-state index contributed by atoms with van der Waals surface area (Å²) in [6.07, 6.45) is 6.18. The molecule has 0 aromatic heterocycles. The SMILES string of the molecule is CC(=O)Cc1ccc(OCC2CC3CCC2C3)cc1. The fraction of sp³-hybridized carbons (Fsp3) is 0.588. The number of ether oxygens (including phenoxy) is 1. The minimum atomic E-state index is 0.204. The third-order valence-corrected chi connectivity index (χ3v) is 4.73. The van der Waals surface area contributed by atoms with Gasteiger partial charge in [-0.05, 0) is 61.6 Å². The van der Waals surface area contributed by atoms with Gasteiger partial charge in [0.25, 0.3) is 0 Å². The highest BCUT2D eigenvalue weighted by atomic mass is 16.5. The number of hydrogen-bond acceptors (Lipinski definition) is 2. The molecule has 102 valence electrons. The van der Waals surface area contributed by atoms with Crippen molar-refractivity contribution in [3.8, 4) is 5.75 Å². The van der Waals surface area contributed by atoms with Crippen molar-refractivity contribution in [3.05, 3.63) is 29.8 Å². The smallest absolute Gasteiger partial charge is 0.134 e. The average Bonchev–Trinajstić information content (AvgIpc) is 2.99. The van der Waals surface area contributed by atoms with E-state index in [2.05, 4.69) is 0 Å². The van der Waals surface area contributed by atoms with Crippen LogP contribution in [0.1, 0.15) is 38.2 Å². The first-order valence-corrected chi connectivity index (χ1v) is 7.42. The van der Waals surface area contributed by atoms with Crippen LogP contribution < -0.4 is 4.74 Å². The van der Waals surface area contributed by atoms with Crippen LogP contribution in [0.15, 0.2) is 24.3 Å². The molecule has 3 unspecified atom stereocenters. The molecule has 1 aromatic carbocycles. The Balaban J connectivity index is 1.51. The maximum atomic E-state index is 11.0. The van der Waals surface area contributed by atoms with E-state index in [1.54, 1.807) is 6.92 Å². The molecule has 2 aliphatic rings. The largest absolute Gasteiger partial charge is 0.493 e. The summed E-state index contributed by atoms with van der Waals surface area (Å²) in [5, 5.41) is 0. The van der Waals surface area contributed by atoms with E-state index in [1.165, 1.54) is 25.7 Å². The minimum absolute atomic E-state index is 0.204. The molecule has 2 saturated carbocycles. The summed E-state index contributed by atoms with van der Waals surface area (Å²) in [7, 11) is 0. The fourth-order valence-corrected chi connectivity index (χ4v) is 3.77. The summed E-state index contributed by atoms with van der Waals surface area (Å²) in [5.41, 5.74) is 1.07. The number of carbonyl (C=O) groups is 1. The van der Waals surface area contributed by atoms with Crippen LogP contribution in [-0.4, -0.2) is 12.4 Å². The Morgan fingerprint density at radius 1 is 1.21 bits per heavy atom. The Hall–Kier alpha value is -1.31. The molecule has 0 radical (unpaired) electrons. The molecule has 0 spiro atoms. The molecule has 2 aliphatic carbocycles. The van der Waals surface area contributed by atoms with Crippen LogP contribution in [0.2, 0.25) is 0 Å². The van der Waals surface area contributed by atoms with Gasteiger partial charge in [0, 0.05) is 6.42 Å². The molecule has 19 heavy (non-hydrogen) atoms. The molecule has 2 heteroatoms. The Kier molecular flexibility index (Phi) is 3.58. The van der Waals surface area contributed by atoms with E-state index in [9.17, 15) is 4.79 Å². The lowest BCUT2D eigenvalue weighted by Gasteiger charge is -2.21. The second-order valence-electron chi connectivity index (χ2n) is 6.27. The zero-order valence-corrected chi connectivity index (χ0v) is 11.6.